The van der Waals surface area contributed by atoms with Crippen molar-refractivity contribution in [3.8, 4) is 0 Å². The molecule has 0 saturated heterocycles. The molecule has 3 heteroatoms. The van der Waals surface area contributed by atoms with Gasteiger partial charge in [0.05, 0.1) is 6.33 Å². The first kappa shape index (κ1) is 10.3. The molecular formula is C10H19N3. The average Bonchev–Trinajstić information content (AvgIpc) is 2.51. The molecule has 2 N–H and O–H groups in total. The van der Waals surface area contributed by atoms with Gasteiger partial charge in [0.2, 0.25) is 0 Å². The number of imidazole rings is 1. The third-order valence-electron chi connectivity index (χ3n) is 2.42. The molecule has 0 spiro atoms. The standard InChI is InChI=1S/C10H19N3/c1-4-9-5-12-7-13(9)6-10(11)8(2)3/h5,7-8,10H,4,6,11H2,1-3H3. The van der Waals surface area contributed by atoms with Crippen LogP contribution in [0, 0.1) is 5.92 Å². The summed E-state index contributed by atoms with van der Waals surface area (Å²) in [4.78, 5) is 4.11. The molecule has 0 aliphatic carbocycles. The van der Waals surface area contributed by atoms with Gasteiger partial charge >= 0.3 is 0 Å². The molecule has 3 nitrogen and oxygen atoms in total. The first-order valence-corrected chi connectivity index (χ1v) is 4.89. The highest BCUT2D eigenvalue weighted by atomic mass is 15.1. The molecule has 0 aliphatic rings. The van der Waals surface area contributed by atoms with Crippen LogP contribution in [0.1, 0.15) is 26.5 Å². The summed E-state index contributed by atoms with van der Waals surface area (Å²) in [6.45, 7) is 7.30. The van der Waals surface area contributed by atoms with Crippen LogP contribution in [0.25, 0.3) is 0 Å². The summed E-state index contributed by atoms with van der Waals surface area (Å²) in [7, 11) is 0. The largest absolute Gasteiger partial charge is 0.333 e. The second kappa shape index (κ2) is 4.42. The van der Waals surface area contributed by atoms with Gasteiger partial charge in [-0.25, -0.2) is 4.98 Å². The summed E-state index contributed by atoms with van der Waals surface area (Å²) in [5, 5.41) is 0. The number of rotatable bonds is 4. The molecule has 0 aliphatic heterocycles. The number of nitrogens with zero attached hydrogens (tertiary/aromatic N) is 2. The second-order valence-electron chi connectivity index (χ2n) is 3.80. The van der Waals surface area contributed by atoms with Gasteiger partial charge in [0.1, 0.15) is 0 Å². The predicted molar refractivity (Wildman–Crippen MR) is 54.4 cm³/mol. The van der Waals surface area contributed by atoms with Gasteiger partial charge in [-0.3, -0.25) is 0 Å². The molecule has 0 fully saturated rings. The van der Waals surface area contributed by atoms with E-state index in [0.717, 1.165) is 13.0 Å². The Morgan fingerprint density at radius 1 is 1.54 bits per heavy atom. The Morgan fingerprint density at radius 3 is 2.77 bits per heavy atom. The van der Waals surface area contributed by atoms with Crippen molar-refractivity contribution in [3.05, 3.63) is 18.2 Å². The van der Waals surface area contributed by atoms with E-state index in [1.54, 1.807) is 0 Å². The van der Waals surface area contributed by atoms with Gasteiger partial charge in [0.25, 0.3) is 0 Å². The van der Waals surface area contributed by atoms with Gasteiger partial charge < -0.3 is 10.3 Å². The fourth-order valence-electron chi connectivity index (χ4n) is 1.24. The van der Waals surface area contributed by atoms with Gasteiger partial charge in [-0.05, 0) is 12.3 Å². The average molecular weight is 181 g/mol. The number of aromatic nitrogens is 2. The highest BCUT2D eigenvalue weighted by Crippen LogP contribution is 2.05. The van der Waals surface area contributed by atoms with Crippen LogP contribution in [0.15, 0.2) is 12.5 Å². The molecule has 0 amide bonds. The highest BCUT2D eigenvalue weighted by molar-refractivity contribution is 4.98. The minimum atomic E-state index is 0.222. The molecule has 0 aromatic carbocycles. The number of aryl methyl sites for hydroxylation is 1. The zero-order chi connectivity index (χ0) is 9.84. The summed E-state index contributed by atoms with van der Waals surface area (Å²) < 4.78 is 2.14. The Morgan fingerprint density at radius 2 is 2.23 bits per heavy atom. The Labute approximate surface area is 80.0 Å². The summed E-state index contributed by atoms with van der Waals surface area (Å²) in [5.74, 6) is 0.520. The fraction of sp³-hybridized carbons (Fsp3) is 0.700. The van der Waals surface area contributed by atoms with E-state index in [1.165, 1.54) is 5.69 Å². The van der Waals surface area contributed by atoms with Crippen LogP contribution in [0.4, 0.5) is 0 Å². The molecule has 1 rings (SSSR count). The van der Waals surface area contributed by atoms with Crippen molar-refractivity contribution in [2.45, 2.75) is 39.8 Å². The van der Waals surface area contributed by atoms with E-state index in [0.29, 0.717) is 5.92 Å². The Hall–Kier alpha value is -0.830. The van der Waals surface area contributed by atoms with Crippen LogP contribution >= 0.6 is 0 Å². The Bertz CT molecular complexity index is 252. The van der Waals surface area contributed by atoms with Gasteiger partial charge in [0, 0.05) is 24.5 Å². The third kappa shape index (κ3) is 2.56. The first-order chi connectivity index (χ1) is 6.15. The van der Waals surface area contributed by atoms with Gasteiger partial charge in [0.15, 0.2) is 0 Å². The second-order valence-corrected chi connectivity index (χ2v) is 3.80. The van der Waals surface area contributed by atoms with Crippen LogP contribution in [0.3, 0.4) is 0 Å². The molecule has 0 bridgehead atoms. The lowest BCUT2D eigenvalue weighted by molar-refractivity contribution is 0.428. The van der Waals surface area contributed by atoms with Crippen LogP contribution in [-0.4, -0.2) is 15.6 Å². The zero-order valence-electron chi connectivity index (χ0n) is 8.70. The normalized spacial score (nSPS) is 13.6. The smallest absolute Gasteiger partial charge is 0.0948 e. The predicted octanol–water partition coefficient (Wildman–Crippen LogP) is 1.43. The lowest BCUT2D eigenvalue weighted by Crippen LogP contribution is -2.31. The van der Waals surface area contributed by atoms with E-state index in [-0.39, 0.29) is 6.04 Å². The number of hydrogen-bond donors (Lipinski definition) is 1. The molecule has 0 radical (unpaired) electrons. The van der Waals surface area contributed by atoms with Crippen LogP contribution in [0.2, 0.25) is 0 Å². The molecule has 13 heavy (non-hydrogen) atoms. The van der Waals surface area contributed by atoms with E-state index in [2.05, 4.69) is 30.3 Å². The highest BCUT2D eigenvalue weighted by Gasteiger charge is 2.09. The molecule has 1 heterocycles. The summed E-state index contributed by atoms with van der Waals surface area (Å²) >= 11 is 0. The Kier molecular flexibility index (Phi) is 3.48. The van der Waals surface area contributed by atoms with Crippen molar-refractivity contribution in [3.63, 3.8) is 0 Å². The van der Waals surface area contributed by atoms with Crippen molar-refractivity contribution in [2.75, 3.05) is 0 Å². The quantitative estimate of drug-likeness (QED) is 0.763. The molecule has 1 aromatic rings. The number of hydrogen-bond acceptors (Lipinski definition) is 2. The fourth-order valence-corrected chi connectivity index (χ4v) is 1.24. The summed E-state index contributed by atoms with van der Waals surface area (Å²) in [6.07, 6.45) is 4.79. The van der Waals surface area contributed by atoms with E-state index < -0.39 is 0 Å². The van der Waals surface area contributed by atoms with Gasteiger partial charge in [-0.2, -0.15) is 0 Å². The van der Waals surface area contributed by atoms with E-state index in [4.69, 9.17) is 5.73 Å². The minimum absolute atomic E-state index is 0.222. The molecule has 0 saturated carbocycles. The zero-order valence-corrected chi connectivity index (χ0v) is 8.70. The maximum absolute atomic E-state index is 5.98. The lowest BCUT2D eigenvalue weighted by Gasteiger charge is -2.17. The molecule has 1 unspecified atom stereocenters. The maximum atomic E-state index is 5.98. The molecule has 1 aromatic heterocycles. The third-order valence-corrected chi connectivity index (χ3v) is 2.42. The molecular weight excluding hydrogens is 162 g/mol. The van der Waals surface area contributed by atoms with Crippen molar-refractivity contribution < 1.29 is 0 Å². The summed E-state index contributed by atoms with van der Waals surface area (Å²) in [6, 6.07) is 0.222. The van der Waals surface area contributed by atoms with Crippen LogP contribution < -0.4 is 5.73 Å². The Balaban J connectivity index is 2.62. The van der Waals surface area contributed by atoms with Gasteiger partial charge in [-0.15, -0.1) is 0 Å². The van der Waals surface area contributed by atoms with Crippen molar-refractivity contribution >= 4 is 0 Å². The monoisotopic (exact) mass is 181 g/mol. The van der Waals surface area contributed by atoms with Gasteiger partial charge in [-0.1, -0.05) is 20.8 Å². The van der Waals surface area contributed by atoms with Crippen molar-refractivity contribution in [1.82, 2.24) is 9.55 Å². The summed E-state index contributed by atoms with van der Waals surface area (Å²) in [5.41, 5.74) is 7.24. The lowest BCUT2D eigenvalue weighted by atomic mass is 10.1. The number of nitrogens with two attached hydrogens (primary N) is 1. The van der Waals surface area contributed by atoms with Crippen LogP contribution in [0.5, 0.6) is 0 Å². The van der Waals surface area contributed by atoms with Crippen molar-refractivity contribution in [1.29, 1.82) is 0 Å². The minimum Gasteiger partial charge on any atom is -0.333 e. The van der Waals surface area contributed by atoms with Crippen LogP contribution in [-0.2, 0) is 13.0 Å². The van der Waals surface area contributed by atoms with Crippen molar-refractivity contribution in [2.24, 2.45) is 11.7 Å². The molecule has 1 atom stereocenters. The van der Waals surface area contributed by atoms with E-state index in [1.807, 2.05) is 12.5 Å². The van der Waals surface area contributed by atoms with E-state index in [9.17, 15) is 0 Å². The first-order valence-electron chi connectivity index (χ1n) is 4.89. The molecule has 74 valence electrons. The topological polar surface area (TPSA) is 43.8 Å². The SMILES string of the molecule is CCc1cncn1CC(N)C(C)C. The maximum Gasteiger partial charge on any atom is 0.0948 e. The van der Waals surface area contributed by atoms with E-state index >= 15 is 0 Å².